The van der Waals surface area contributed by atoms with Crippen LogP contribution in [-0.2, 0) is 5.54 Å². The van der Waals surface area contributed by atoms with Gasteiger partial charge in [-0.2, -0.15) is 0 Å². The number of anilines is 1. The predicted octanol–water partition coefficient (Wildman–Crippen LogP) is 4.54. The number of hydrogen-bond acceptors (Lipinski definition) is 7. The zero-order valence-corrected chi connectivity index (χ0v) is 23.3. The van der Waals surface area contributed by atoms with Crippen LogP contribution in [0.2, 0.25) is 5.02 Å². The lowest BCUT2D eigenvalue weighted by molar-refractivity contribution is 0.186. The lowest BCUT2D eigenvalue weighted by atomic mass is 9.98. The molecule has 1 aliphatic heterocycles. The maximum Gasteiger partial charge on any atom is 0.253 e. The lowest BCUT2D eigenvalue weighted by Crippen LogP contribution is -2.49. The second-order valence-corrected chi connectivity index (χ2v) is 10.9. The second-order valence-electron chi connectivity index (χ2n) is 10.5. The number of hydrogen-bond donors (Lipinski definition) is 1. The van der Waals surface area contributed by atoms with Crippen LogP contribution in [0.25, 0.3) is 10.9 Å². The molecule has 1 fully saturated rings. The van der Waals surface area contributed by atoms with Crippen molar-refractivity contribution >= 4 is 28.2 Å². The summed E-state index contributed by atoms with van der Waals surface area (Å²) in [6.45, 7) is 11.5. The number of H-pyrrole nitrogens is 1. The average Bonchev–Trinajstić information content (AvgIpc) is 3.41. The molecule has 1 saturated heterocycles. The molecule has 1 atom stereocenters. The van der Waals surface area contributed by atoms with Gasteiger partial charge in [0.15, 0.2) is 5.82 Å². The molecule has 0 bridgehead atoms. The fraction of sp³-hybridized carbons (Fsp3) is 0.429. The first-order valence-electron chi connectivity index (χ1n) is 13.0. The highest BCUT2D eigenvalue weighted by Gasteiger charge is 2.36. The second kappa shape index (κ2) is 10.4. The highest BCUT2D eigenvalue weighted by Crippen LogP contribution is 2.33. The summed E-state index contributed by atoms with van der Waals surface area (Å²) < 4.78 is 7.31. The highest BCUT2D eigenvalue weighted by molar-refractivity contribution is 6.30. The van der Waals surface area contributed by atoms with Crippen LogP contribution in [0, 0.1) is 6.92 Å². The molecule has 0 saturated carbocycles. The summed E-state index contributed by atoms with van der Waals surface area (Å²) in [4.78, 5) is 21.3. The first kappa shape index (κ1) is 26.2. The van der Waals surface area contributed by atoms with E-state index in [2.05, 4.69) is 64.1 Å². The van der Waals surface area contributed by atoms with Gasteiger partial charge >= 0.3 is 0 Å². The van der Waals surface area contributed by atoms with Crippen LogP contribution in [0.5, 0.6) is 5.75 Å². The Morgan fingerprint density at radius 3 is 2.58 bits per heavy atom. The van der Waals surface area contributed by atoms with E-state index in [0.29, 0.717) is 11.4 Å². The van der Waals surface area contributed by atoms with E-state index in [1.165, 1.54) is 5.56 Å². The zero-order chi connectivity index (χ0) is 27.0. The Morgan fingerprint density at radius 2 is 1.87 bits per heavy atom. The van der Waals surface area contributed by atoms with Crippen molar-refractivity contribution in [1.29, 1.82) is 0 Å². The number of fused-ring (bicyclic) bond motifs is 1. The van der Waals surface area contributed by atoms with Gasteiger partial charge in [0.1, 0.15) is 11.8 Å². The third kappa shape index (κ3) is 4.88. The molecule has 38 heavy (non-hydrogen) atoms. The number of methoxy groups -OCH3 is 1. The van der Waals surface area contributed by atoms with Gasteiger partial charge in [0.05, 0.1) is 12.6 Å². The number of pyridine rings is 1. The number of benzene rings is 2. The SMILES string of the molecule is CCC(C)(C)n1nnnc1[C@@H](c1cc2cc(OC)ccc2[nH]c1=O)N1CCN(c2cc(Cl)ccc2C)CC1. The molecule has 0 radical (unpaired) electrons. The molecule has 1 aliphatic rings. The van der Waals surface area contributed by atoms with E-state index < -0.39 is 6.04 Å². The molecule has 200 valence electrons. The van der Waals surface area contributed by atoms with Crippen LogP contribution >= 0.6 is 11.6 Å². The van der Waals surface area contributed by atoms with Crippen LogP contribution in [-0.4, -0.2) is 63.4 Å². The third-order valence-corrected chi connectivity index (χ3v) is 7.98. The van der Waals surface area contributed by atoms with E-state index in [0.717, 1.165) is 60.0 Å². The average molecular weight is 536 g/mol. The Bertz CT molecular complexity index is 1500. The molecular weight excluding hydrogens is 502 g/mol. The maximum absolute atomic E-state index is 13.5. The number of aromatic nitrogens is 5. The predicted molar refractivity (Wildman–Crippen MR) is 150 cm³/mol. The standard InChI is InChI=1S/C28H34ClN7O2/c1-6-28(3,4)36-26(31-32-33-36)25(22-16-19-15-21(38-5)9-10-23(19)30-27(22)37)35-13-11-34(12-14-35)24-17-20(29)8-7-18(24)2/h7-10,15-17,25H,6,11-14H2,1-5H3,(H,30,37)/t25-/m1/s1. The number of aromatic amines is 1. The quantitative estimate of drug-likeness (QED) is 0.371. The topological polar surface area (TPSA) is 92.2 Å². The van der Waals surface area contributed by atoms with Gasteiger partial charge in [-0.1, -0.05) is 24.6 Å². The van der Waals surface area contributed by atoms with Gasteiger partial charge in [-0.05, 0) is 79.6 Å². The number of aryl methyl sites for hydroxylation is 1. The number of halogens is 1. The van der Waals surface area contributed by atoms with Crippen LogP contribution in [0.15, 0.2) is 47.3 Å². The van der Waals surface area contributed by atoms with Crippen molar-refractivity contribution in [2.45, 2.75) is 45.7 Å². The summed E-state index contributed by atoms with van der Waals surface area (Å²) in [6, 6.07) is 13.2. The summed E-state index contributed by atoms with van der Waals surface area (Å²) in [5, 5.41) is 14.5. The van der Waals surface area contributed by atoms with E-state index >= 15 is 0 Å². The van der Waals surface area contributed by atoms with Crippen molar-refractivity contribution in [2.24, 2.45) is 0 Å². The molecule has 0 spiro atoms. The molecule has 0 amide bonds. The van der Waals surface area contributed by atoms with Crippen molar-refractivity contribution < 1.29 is 4.74 Å². The van der Waals surface area contributed by atoms with Gasteiger partial charge in [0, 0.05) is 53.4 Å². The molecule has 4 aromatic rings. The summed E-state index contributed by atoms with van der Waals surface area (Å²) in [6.07, 6.45) is 0.838. The fourth-order valence-corrected chi connectivity index (χ4v) is 5.29. The van der Waals surface area contributed by atoms with Gasteiger partial charge in [0.2, 0.25) is 0 Å². The zero-order valence-electron chi connectivity index (χ0n) is 22.5. The van der Waals surface area contributed by atoms with E-state index in [-0.39, 0.29) is 11.1 Å². The highest BCUT2D eigenvalue weighted by atomic mass is 35.5. The van der Waals surface area contributed by atoms with Gasteiger partial charge < -0.3 is 14.6 Å². The lowest BCUT2D eigenvalue weighted by Gasteiger charge is -2.40. The molecule has 5 rings (SSSR count). The van der Waals surface area contributed by atoms with Crippen molar-refractivity contribution in [2.75, 3.05) is 38.2 Å². The first-order valence-corrected chi connectivity index (χ1v) is 13.3. The minimum atomic E-state index is -0.419. The maximum atomic E-state index is 13.5. The largest absolute Gasteiger partial charge is 0.497 e. The van der Waals surface area contributed by atoms with Crippen molar-refractivity contribution in [3.8, 4) is 5.75 Å². The van der Waals surface area contributed by atoms with Gasteiger partial charge in [0.25, 0.3) is 5.56 Å². The summed E-state index contributed by atoms with van der Waals surface area (Å²) in [7, 11) is 1.64. The number of tetrazole rings is 1. The van der Waals surface area contributed by atoms with Crippen LogP contribution in [0.4, 0.5) is 5.69 Å². The number of piperazine rings is 1. The molecule has 0 unspecified atom stereocenters. The van der Waals surface area contributed by atoms with Crippen molar-refractivity contribution in [1.82, 2.24) is 30.1 Å². The minimum absolute atomic E-state index is 0.148. The Morgan fingerprint density at radius 1 is 1.11 bits per heavy atom. The molecule has 2 aromatic heterocycles. The fourth-order valence-electron chi connectivity index (χ4n) is 5.12. The van der Waals surface area contributed by atoms with Crippen LogP contribution in [0.3, 0.4) is 0 Å². The Kier molecular flexibility index (Phi) is 7.15. The third-order valence-electron chi connectivity index (χ3n) is 7.74. The Labute approximate surface area is 227 Å². The Hall–Kier alpha value is -3.43. The molecule has 10 heteroatoms. The molecule has 2 aromatic carbocycles. The number of nitrogens with one attached hydrogen (secondary N) is 1. The molecule has 3 heterocycles. The number of nitrogens with zero attached hydrogens (tertiary/aromatic N) is 6. The van der Waals surface area contributed by atoms with Gasteiger partial charge in [-0.3, -0.25) is 9.69 Å². The smallest absolute Gasteiger partial charge is 0.253 e. The van der Waals surface area contributed by atoms with Crippen LogP contribution in [0.1, 0.15) is 50.2 Å². The molecule has 0 aliphatic carbocycles. The Balaban J connectivity index is 1.57. The number of ether oxygens (including phenoxy) is 1. The normalized spacial score (nSPS) is 15.7. The summed E-state index contributed by atoms with van der Waals surface area (Å²) in [5.41, 5.74) is 3.23. The van der Waals surface area contributed by atoms with E-state index in [9.17, 15) is 4.79 Å². The van der Waals surface area contributed by atoms with E-state index in [1.807, 2.05) is 41.1 Å². The molecular formula is C28H34ClN7O2. The van der Waals surface area contributed by atoms with Crippen LogP contribution < -0.4 is 15.2 Å². The molecule has 1 N–H and O–H groups in total. The minimum Gasteiger partial charge on any atom is -0.497 e. The monoisotopic (exact) mass is 535 g/mol. The molecule has 9 nitrogen and oxygen atoms in total. The number of rotatable bonds is 7. The van der Waals surface area contributed by atoms with E-state index in [1.54, 1.807) is 7.11 Å². The van der Waals surface area contributed by atoms with Gasteiger partial charge in [-0.25, -0.2) is 4.68 Å². The summed E-state index contributed by atoms with van der Waals surface area (Å²) in [5.74, 6) is 1.39. The van der Waals surface area contributed by atoms with Crippen molar-refractivity contribution in [3.05, 3.63) is 74.8 Å². The van der Waals surface area contributed by atoms with Gasteiger partial charge in [-0.15, -0.1) is 5.10 Å². The van der Waals surface area contributed by atoms with Crippen molar-refractivity contribution in [3.63, 3.8) is 0 Å². The first-order chi connectivity index (χ1) is 18.2. The van der Waals surface area contributed by atoms with E-state index in [4.69, 9.17) is 16.3 Å². The summed E-state index contributed by atoms with van der Waals surface area (Å²) >= 11 is 6.31.